The molecule has 5 rings (SSSR count). The van der Waals surface area contributed by atoms with E-state index < -0.39 is 0 Å². The molecule has 6 heteroatoms. The zero-order valence-corrected chi connectivity index (χ0v) is 20.5. The third-order valence-corrected chi connectivity index (χ3v) is 6.17. The molecule has 170 valence electrons. The van der Waals surface area contributed by atoms with Crippen molar-refractivity contribution < 1.29 is 0 Å². The van der Waals surface area contributed by atoms with E-state index in [1.165, 1.54) is 33.4 Å². The molecule has 0 spiro atoms. The number of hydrogen-bond donors (Lipinski definition) is 0. The van der Waals surface area contributed by atoms with Gasteiger partial charge in [0.1, 0.15) is 11.4 Å². The number of aromatic nitrogens is 6. The van der Waals surface area contributed by atoms with E-state index in [0.29, 0.717) is 0 Å². The second-order valence-electron chi connectivity index (χ2n) is 9.17. The summed E-state index contributed by atoms with van der Waals surface area (Å²) in [4.78, 5) is 0. The molecule has 0 aliphatic heterocycles. The van der Waals surface area contributed by atoms with E-state index in [0.717, 1.165) is 33.9 Å². The van der Waals surface area contributed by atoms with Crippen molar-refractivity contribution in [1.29, 1.82) is 0 Å². The highest BCUT2D eigenvalue weighted by atomic mass is 15.4. The average Bonchev–Trinajstić information content (AvgIpc) is 3.43. The Labute approximate surface area is 199 Å². The third kappa shape index (κ3) is 3.92. The van der Waals surface area contributed by atoms with Crippen molar-refractivity contribution in [2.75, 3.05) is 0 Å². The smallest absolute Gasteiger partial charge is 0.113 e. The molecule has 3 aromatic carbocycles. The minimum Gasteiger partial charge on any atom is -0.220 e. The van der Waals surface area contributed by atoms with Gasteiger partial charge in [-0.15, -0.1) is 10.2 Å². The molecule has 0 aliphatic carbocycles. The molecule has 0 fully saturated rings. The summed E-state index contributed by atoms with van der Waals surface area (Å²) < 4.78 is 3.73. The number of rotatable bonds is 4. The van der Waals surface area contributed by atoms with Crippen LogP contribution < -0.4 is 0 Å². The molecule has 2 heterocycles. The van der Waals surface area contributed by atoms with Gasteiger partial charge in [-0.1, -0.05) is 64.0 Å². The van der Waals surface area contributed by atoms with Gasteiger partial charge >= 0.3 is 0 Å². The van der Waals surface area contributed by atoms with Crippen LogP contribution >= 0.6 is 0 Å². The zero-order valence-electron chi connectivity index (χ0n) is 20.5. The Kier molecular flexibility index (Phi) is 5.36. The Morgan fingerprint density at radius 1 is 0.529 bits per heavy atom. The standard InChI is InChI=1S/C28H28N6/c1-17-10-19(3)27(20(4)11-17)33-15-25(29-31-33)23-8-7-9-24(14-23)26-16-34(32-30-26)28-21(5)12-18(2)13-22(28)6/h7-16H,1-6H3. The first-order chi connectivity index (χ1) is 16.3. The first kappa shape index (κ1) is 21.8. The van der Waals surface area contributed by atoms with Crippen molar-refractivity contribution in [3.8, 4) is 33.9 Å². The summed E-state index contributed by atoms with van der Waals surface area (Å²) in [5, 5.41) is 17.8. The minimum atomic E-state index is 0.818. The van der Waals surface area contributed by atoms with E-state index >= 15 is 0 Å². The zero-order chi connectivity index (χ0) is 24.0. The van der Waals surface area contributed by atoms with Gasteiger partial charge < -0.3 is 0 Å². The fourth-order valence-corrected chi connectivity index (χ4v) is 4.92. The summed E-state index contributed by atoms with van der Waals surface area (Å²) in [6.45, 7) is 12.7. The largest absolute Gasteiger partial charge is 0.220 e. The Balaban J connectivity index is 1.49. The van der Waals surface area contributed by atoms with Gasteiger partial charge in [0.2, 0.25) is 0 Å². The average molecular weight is 449 g/mol. The van der Waals surface area contributed by atoms with E-state index in [2.05, 4.69) is 92.5 Å². The molecule has 2 aromatic heterocycles. The Morgan fingerprint density at radius 3 is 1.29 bits per heavy atom. The lowest BCUT2D eigenvalue weighted by atomic mass is 10.0. The molecule has 0 saturated heterocycles. The lowest BCUT2D eigenvalue weighted by molar-refractivity contribution is 0.793. The van der Waals surface area contributed by atoms with Crippen LogP contribution in [0.5, 0.6) is 0 Å². The van der Waals surface area contributed by atoms with Gasteiger partial charge in [-0.25, -0.2) is 9.36 Å². The molecular weight excluding hydrogens is 420 g/mol. The third-order valence-electron chi connectivity index (χ3n) is 6.17. The van der Waals surface area contributed by atoms with Crippen LogP contribution in [-0.2, 0) is 0 Å². The molecule has 6 nitrogen and oxygen atoms in total. The monoisotopic (exact) mass is 448 g/mol. The van der Waals surface area contributed by atoms with E-state index in [-0.39, 0.29) is 0 Å². The van der Waals surface area contributed by atoms with Crippen LogP contribution in [0.2, 0.25) is 0 Å². The van der Waals surface area contributed by atoms with Gasteiger partial charge in [-0.2, -0.15) is 0 Å². The summed E-state index contributed by atoms with van der Waals surface area (Å²) in [5.41, 5.74) is 13.0. The molecule has 0 aliphatic rings. The highest BCUT2D eigenvalue weighted by molar-refractivity contribution is 5.69. The van der Waals surface area contributed by atoms with Crippen LogP contribution in [0.4, 0.5) is 0 Å². The van der Waals surface area contributed by atoms with Crippen molar-refractivity contribution in [3.63, 3.8) is 0 Å². The minimum absolute atomic E-state index is 0.818. The van der Waals surface area contributed by atoms with Crippen molar-refractivity contribution in [1.82, 2.24) is 30.0 Å². The summed E-state index contributed by atoms with van der Waals surface area (Å²) in [6.07, 6.45) is 3.97. The van der Waals surface area contributed by atoms with Gasteiger partial charge in [0.15, 0.2) is 0 Å². The fourth-order valence-electron chi connectivity index (χ4n) is 4.92. The predicted molar refractivity (Wildman–Crippen MR) is 136 cm³/mol. The van der Waals surface area contributed by atoms with Crippen molar-refractivity contribution in [2.45, 2.75) is 41.5 Å². The number of benzene rings is 3. The molecular formula is C28H28N6. The fraction of sp³-hybridized carbons (Fsp3) is 0.214. The van der Waals surface area contributed by atoms with Crippen molar-refractivity contribution in [3.05, 3.63) is 94.3 Å². The van der Waals surface area contributed by atoms with Gasteiger partial charge in [0, 0.05) is 11.1 Å². The van der Waals surface area contributed by atoms with Gasteiger partial charge in [-0.3, -0.25) is 0 Å². The van der Waals surface area contributed by atoms with Crippen molar-refractivity contribution in [2.24, 2.45) is 0 Å². The summed E-state index contributed by atoms with van der Waals surface area (Å²) >= 11 is 0. The molecule has 34 heavy (non-hydrogen) atoms. The molecule has 0 N–H and O–H groups in total. The molecule has 0 atom stereocenters. The Hall–Kier alpha value is -4.06. The number of aryl methyl sites for hydroxylation is 6. The van der Waals surface area contributed by atoms with E-state index in [1.807, 2.05) is 40.0 Å². The maximum absolute atomic E-state index is 4.46. The maximum atomic E-state index is 4.46. The topological polar surface area (TPSA) is 61.4 Å². The molecule has 0 amide bonds. The van der Waals surface area contributed by atoms with E-state index in [1.54, 1.807) is 0 Å². The van der Waals surface area contributed by atoms with Crippen LogP contribution in [-0.4, -0.2) is 30.0 Å². The molecule has 5 aromatic rings. The lowest BCUT2D eigenvalue weighted by Gasteiger charge is -2.10. The second-order valence-corrected chi connectivity index (χ2v) is 9.17. The number of hydrogen-bond acceptors (Lipinski definition) is 4. The quantitative estimate of drug-likeness (QED) is 0.337. The Morgan fingerprint density at radius 2 is 0.912 bits per heavy atom. The molecule has 0 unspecified atom stereocenters. The van der Waals surface area contributed by atoms with E-state index in [4.69, 9.17) is 0 Å². The molecule has 0 bridgehead atoms. The van der Waals surface area contributed by atoms with Crippen LogP contribution in [0.15, 0.2) is 60.9 Å². The molecule has 0 radical (unpaired) electrons. The maximum Gasteiger partial charge on any atom is 0.113 e. The highest BCUT2D eigenvalue weighted by Gasteiger charge is 2.13. The second kappa shape index (κ2) is 8.37. The predicted octanol–water partition coefficient (Wildman–Crippen LogP) is 6.03. The normalized spacial score (nSPS) is 11.2. The summed E-state index contributed by atoms with van der Waals surface area (Å²) in [7, 11) is 0. The lowest BCUT2D eigenvalue weighted by Crippen LogP contribution is -2.01. The van der Waals surface area contributed by atoms with Gasteiger partial charge in [-0.05, 0) is 69.9 Å². The Bertz CT molecular complexity index is 1360. The summed E-state index contributed by atoms with van der Waals surface area (Å²) in [6, 6.07) is 16.9. The van der Waals surface area contributed by atoms with Crippen LogP contribution in [0.25, 0.3) is 33.9 Å². The molecule has 0 saturated carbocycles. The van der Waals surface area contributed by atoms with Crippen LogP contribution in [0.3, 0.4) is 0 Å². The first-order valence-electron chi connectivity index (χ1n) is 11.4. The first-order valence-corrected chi connectivity index (χ1v) is 11.4. The summed E-state index contributed by atoms with van der Waals surface area (Å²) in [5.74, 6) is 0. The highest BCUT2D eigenvalue weighted by Crippen LogP contribution is 2.27. The number of nitrogens with zero attached hydrogens (tertiary/aromatic N) is 6. The van der Waals surface area contributed by atoms with Gasteiger partial charge in [0.25, 0.3) is 0 Å². The van der Waals surface area contributed by atoms with Crippen LogP contribution in [0, 0.1) is 41.5 Å². The van der Waals surface area contributed by atoms with E-state index in [9.17, 15) is 0 Å². The van der Waals surface area contributed by atoms with Crippen LogP contribution in [0.1, 0.15) is 33.4 Å². The van der Waals surface area contributed by atoms with Crippen molar-refractivity contribution >= 4 is 0 Å². The SMILES string of the molecule is Cc1cc(C)c(-n2cc(-c3cccc(-c4cn(-c5c(C)cc(C)cc5C)nn4)c3)nn2)c(C)c1. The van der Waals surface area contributed by atoms with Gasteiger partial charge in [0.05, 0.1) is 23.8 Å².